The number of aliphatic carboxylic acids is 1. The number of rotatable bonds is 9. The van der Waals surface area contributed by atoms with Crippen LogP contribution in [0.15, 0.2) is 0 Å². The van der Waals surface area contributed by atoms with Gasteiger partial charge in [-0.3, -0.25) is 9.59 Å². The van der Waals surface area contributed by atoms with Gasteiger partial charge in [0, 0.05) is 18.7 Å². The van der Waals surface area contributed by atoms with Gasteiger partial charge < -0.3 is 9.84 Å². The number of ether oxygens (including phenoxy) is 1. The van der Waals surface area contributed by atoms with Gasteiger partial charge in [0.15, 0.2) is 0 Å². The van der Waals surface area contributed by atoms with Crippen molar-refractivity contribution in [2.45, 2.75) is 58.8 Å². The van der Waals surface area contributed by atoms with Crippen LogP contribution < -0.4 is 0 Å². The van der Waals surface area contributed by atoms with Crippen molar-refractivity contribution in [2.24, 2.45) is 0 Å². The molecule has 0 atom stereocenters. The Bertz CT molecular complexity index is 203. The summed E-state index contributed by atoms with van der Waals surface area (Å²) in [5.41, 5.74) is 0. The van der Waals surface area contributed by atoms with Gasteiger partial charge in [-0.25, -0.2) is 0 Å². The molecule has 0 spiro atoms. The van der Waals surface area contributed by atoms with E-state index in [0.29, 0.717) is 25.9 Å². The molecule has 1 N–H and O–H groups in total. The highest BCUT2D eigenvalue weighted by Gasteiger charge is 2.02. The lowest BCUT2D eigenvalue weighted by molar-refractivity contribution is -0.143. The Labute approximate surface area is 115 Å². The van der Waals surface area contributed by atoms with Crippen molar-refractivity contribution in [2.75, 3.05) is 12.5 Å². The summed E-state index contributed by atoms with van der Waals surface area (Å²) in [5, 5.41) is 8.27. The van der Waals surface area contributed by atoms with Gasteiger partial charge in [0.25, 0.3) is 0 Å². The molecule has 0 aliphatic carbocycles. The minimum atomic E-state index is -0.821. The second-order valence-corrected chi connectivity index (χ2v) is 4.18. The fraction of sp³-hybridized carbons (Fsp3) is 0.846. The summed E-state index contributed by atoms with van der Waals surface area (Å²) < 4.78 is 4.66. The fourth-order valence-corrected chi connectivity index (χ4v) is 1.31. The molecule has 108 valence electrons. The SMILES string of the molecule is CCCCCCl.CCOC(=O)CCCCC(=O)O. The number of hydrogen-bond donors (Lipinski definition) is 1. The molecule has 18 heavy (non-hydrogen) atoms. The summed E-state index contributed by atoms with van der Waals surface area (Å²) in [4.78, 5) is 20.8. The first-order valence-electron chi connectivity index (χ1n) is 6.51. The molecule has 0 radical (unpaired) electrons. The maximum Gasteiger partial charge on any atom is 0.305 e. The highest BCUT2D eigenvalue weighted by atomic mass is 35.5. The van der Waals surface area contributed by atoms with Crippen LogP contribution in [0.1, 0.15) is 58.8 Å². The third-order valence-corrected chi connectivity index (χ3v) is 2.33. The van der Waals surface area contributed by atoms with E-state index in [9.17, 15) is 9.59 Å². The standard InChI is InChI=1S/C8H14O4.C5H11Cl/c1-2-12-8(11)6-4-3-5-7(9)10;1-2-3-4-5-6/h2-6H2,1H3,(H,9,10);2-5H2,1H3. The van der Waals surface area contributed by atoms with Gasteiger partial charge in [-0.2, -0.15) is 0 Å². The van der Waals surface area contributed by atoms with Crippen LogP contribution in [-0.2, 0) is 14.3 Å². The van der Waals surface area contributed by atoms with E-state index >= 15 is 0 Å². The van der Waals surface area contributed by atoms with Gasteiger partial charge in [0.1, 0.15) is 0 Å². The molecular formula is C13H25ClO4. The second-order valence-electron chi connectivity index (χ2n) is 3.80. The lowest BCUT2D eigenvalue weighted by Crippen LogP contribution is -2.03. The minimum Gasteiger partial charge on any atom is -0.481 e. The number of carboxylic acids is 1. The zero-order valence-corrected chi connectivity index (χ0v) is 12.2. The predicted octanol–water partition coefficient (Wildman–Crippen LogP) is 3.61. The van der Waals surface area contributed by atoms with Crippen molar-refractivity contribution in [3.63, 3.8) is 0 Å². The molecule has 0 unspecified atom stereocenters. The average molecular weight is 281 g/mol. The highest BCUT2D eigenvalue weighted by molar-refractivity contribution is 6.17. The summed E-state index contributed by atoms with van der Waals surface area (Å²) in [6, 6.07) is 0. The number of hydrogen-bond acceptors (Lipinski definition) is 3. The first-order valence-corrected chi connectivity index (χ1v) is 7.05. The largest absolute Gasteiger partial charge is 0.481 e. The molecule has 0 rings (SSSR count). The third-order valence-electron chi connectivity index (χ3n) is 2.06. The van der Waals surface area contributed by atoms with Crippen LogP contribution in [0, 0.1) is 0 Å². The number of esters is 1. The van der Waals surface area contributed by atoms with Gasteiger partial charge in [-0.15, -0.1) is 11.6 Å². The lowest BCUT2D eigenvalue weighted by atomic mass is 10.2. The zero-order chi connectivity index (χ0) is 14.2. The van der Waals surface area contributed by atoms with Crippen molar-refractivity contribution in [3.8, 4) is 0 Å². The van der Waals surface area contributed by atoms with Crippen LogP contribution in [0.25, 0.3) is 0 Å². The third kappa shape index (κ3) is 20.6. The Morgan fingerprint density at radius 1 is 1.06 bits per heavy atom. The average Bonchev–Trinajstić information content (AvgIpc) is 2.33. The molecule has 0 aromatic rings. The summed E-state index contributed by atoms with van der Waals surface area (Å²) in [6.07, 6.45) is 5.30. The Morgan fingerprint density at radius 3 is 2.06 bits per heavy atom. The summed E-state index contributed by atoms with van der Waals surface area (Å²) >= 11 is 5.38. The Kier molecular flexibility index (Phi) is 17.6. The predicted molar refractivity (Wildman–Crippen MR) is 73.0 cm³/mol. The van der Waals surface area contributed by atoms with Gasteiger partial charge in [-0.05, 0) is 26.2 Å². The van der Waals surface area contributed by atoms with E-state index in [1.807, 2.05) is 0 Å². The normalized spacial score (nSPS) is 9.28. The molecule has 0 aliphatic heterocycles. The van der Waals surface area contributed by atoms with Crippen LogP contribution in [0.5, 0.6) is 0 Å². The molecular weight excluding hydrogens is 256 g/mol. The first kappa shape index (κ1) is 19.6. The van der Waals surface area contributed by atoms with Gasteiger partial charge in [0.05, 0.1) is 6.61 Å². The van der Waals surface area contributed by atoms with Gasteiger partial charge >= 0.3 is 11.9 Å². The second kappa shape index (κ2) is 16.2. The molecule has 0 bridgehead atoms. The smallest absolute Gasteiger partial charge is 0.305 e. The molecule has 0 fully saturated rings. The Balaban J connectivity index is 0. The summed E-state index contributed by atoms with van der Waals surface area (Å²) in [7, 11) is 0. The molecule has 0 aromatic heterocycles. The van der Waals surface area contributed by atoms with Crippen molar-refractivity contribution >= 4 is 23.5 Å². The maximum atomic E-state index is 10.7. The van der Waals surface area contributed by atoms with Gasteiger partial charge in [-0.1, -0.05) is 19.8 Å². The van der Waals surface area contributed by atoms with Crippen molar-refractivity contribution < 1.29 is 19.4 Å². The molecule has 0 saturated carbocycles. The van der Waals surface area contributed by atoms with Gasteiger partial charge in [0.2, 0.25) is 0 Å². The van der Waals surface area contributed by atoms with Crippen LogP contribution in [0.2, 0.25) is 0 Å². The topological polar surface area (TPSA) is 63.6 Å². The number of unbranched alkanes of at least 4 members (excludes halogenated alkanes) is 3. The first-order chi connectivity index (χ1) is 8.58. The van der Waals surface area contributed by atoms with Crippen LogP contribution in [-0.4, -0.2) is 29.5 Å². The van der Waals surface area contributed by atoms with E-state index in [1.54, 1.807) is 6.92 Å². The molecule has 0 aliphatic rings. The van der Waals surface area contributed by atoms with Crippen LogP contribution in [0.4, 0.5) is 0 Å². The molecule has 0 saturated heterocycles. The zero-order valence-electron chi connectivity index (χ0n) is 11.4. The van der Waals surface area contributed by atoms with Crippen molar-refractivity contribution in [1.29, 1.82) is 0 Å². The number of carbonyl (C=O) groups is 2. The van der Waals surface area contributed by atoms with E-state index in [4.69, 9.17) is 16.7 Å². The Hall–Kier alpha value is -0.770. The molecule has 0 aromatic carbocycles. The van der Waals surface area contributed by atoms with Crippen molar-refractivity contribution in [3.05, 3.63) is 0 Å². The molecule has 0 heterocycles. The highest BCUT2D eigenvalue weighted by Crippen LogP contribution is 2.00. The number of halogens is 1. The maximum absolute atomic E-state index is 10.7. The number of alkyl halides is 1. The summed E-state index contributed by atoms with van der Waals surface area (Å²) in [6.45, 7) is 4.31. The van der Waals surface area contributed by atoms with Crippen LogP contribution in [0.3, 0.4) is 0 Å². The molecule has 4 nitrogen and oxygen atoms in total. The number of carbonyl (C=O) groups excluding carboxylic acids is 1. The van der Waals surface area contributed by atoms with Crippen molar-refractivity contribution in [1.82, 2.24) is 0 Å². The van der Waals surface area contributed by atoms with E-state index in [2.05, 4.69) is 11.7 Å². The number of carboxylic acid groups (broad SMARTS) is 1. The quantitative estimate of drug-likeness (QED) is 0.398. The monoisotopic (exact) mass is 280 g/mol. The molecule has 5 heteroatoms. The molecule has 0 amide bonds. The van der Waals surface area contributed by atoms with E-state index < -0.39 is 5.97 Å². The lowest BCUT2D eigenvalue weighted by Gasteiger charge is -1.99. The van der Waals surface area contributed by atoms with Crippen LogP contribution >= 0.6 is 11.6 Å². The fourth-order valence-electron chi connectivity index (χ4n) is 1.12. The van der Waals surface area contributed by atoms with E-state index in [0.717, 1.165) is 5.88 Å². The minimum absolute atomic E-state index is 0.124. The Morgan fingerprint density at radius 2 is 1.67 bits per heavy atom. The van der Waals surface area contributed by atoms with E-state index in [-0.39, 0.29) is 12.4 Å². The summed E-state index contributed by atoms with van der Waals surface area (Å²) in [5.74, 6) is -0.241. The van der Waals surface area contributed by atoms with E-state index in [1.165, 1.54) is 19.3 Å².